The molecule has 1 heterocycles. The molecule has 3 atom stereocenters. The van der Waals surface area contributed by atoms with Crippen molar-refractivity contribution in [2.24, 2.45) is 11.8 Å². The SMILES string of the molecule is CNC1CCC(C(C)C)CC1n1cc(C)cn1. The predicted molar refractivity (Wildman–Crippen MR) is 71.0 cm³/mol. The molecule has 0 spiro atoms. The van der Waals surface area contributed by atoms with Crippen molar-refractivity contribution in [3.8, 4) is 0 Å². The van der Waals surface area contributed by atoms with Gasteiger partial charge in [0.05, 0.1) is 12.2 Å². The summed E-state index contributed by atoms with van der Waals surface area (Å²) in [7, 11) is 2.07. The topological polar surface area (TPSA) is 29.9 Å². The Kier molecular flexibility index (Phi) is 3.87. The maximum absolute atomic E-state index is 4.51. The van der Waals surface area contributed by atoms with E-state index < -0.39 is 0 Å². The van der Waals surface area contributed by atoms with E-state index in [1.807, 2.05) is 6.20 Å². The minimum Gasteiger partial charge on any atom is -0.315 e. The van der Waals surface area contributed by atoms with Gasteiger partial charge in [-0.3, -0.25) is 4.68 Å². The van der Waals surface area contributed by atoms with Gasteiger partial charge in [0.1, 0.15) is 0 Å². The largest absolute Gasteiger partial charge is 0.315 e. The van der Waals surface area contributed by atoms with Crippen LogP contribution in [0, 0.1) is 18.8 Å². The number of nitrogens with one attached hydrogen (secondary N) is 1. The van der Waals surface area contributed by atoms with Crippen LogP contribution in [0.15, 0.2) is 12.4 Å². The number of hydrogen-bond acceptors (Lipinski definition) is 2. The summed E-state index contributed by atoms with van der Waals surface area (Å²) < 4.78 is 2.17. The first-order chi connectivity index (χ1) is 8.11. The molecule has 1 saturated carbocycles. The van der Waals surface area contributed by atoms with Crippen molar-refractivity contribution in [1.29, 1.82) is 0 Å². The standard InChI is InChI=1S/C14H25N3/c1-10(2)12-5-6-13(15-4)14(7-12)17-9-11(3)8-16-17/h8-10,12-15H,5-7H2,1-4H3. The fraction of sp³-hybridized carbons (Fsp3) is 0.786. The zero-order chi connectivity index (χ0) is 12.4. The molecule has 3 heteroatoms. The van der Waals surface area contributed by atoms with E-state index in [9.17, 15) is 0 Å². The number of nitrogens with zero attached hydrogens (tertiary/aromatic N) is 2. The number of likely N-dealkylation sites (N-methyl/N-ethyl adjacent to an activating group) is 1. The summed E-state index contributed by atoms with van der Waals surface area (Å²) in [6.07, 6.45) is 8.01. The first-order valence-electron chi connectivity index (χ1n) is 6.79. The van der Waals surface area contributed by atoms with Crippen LogP contribution in [0.1, 0.15) is 44.7 Å². The average Bonchev–Trinajstić information content (AvgIpc) is 2.74. The minimum atomic E-state index is 0.523. The fourth-order valence-corrected chi connectivity index (χ4v) is 3.03. The normalized spacial score (nSPS) is 29.8. The molecule has 1 N–H and O–H groups in total. The van der Waals surface area contributed by atoms with Crippen LogP contribution in [-0.2, 0) is 0 Å². The minimum absolute atomic E-state index is 0.523. The monoisotopic (exact) mass is 235 g/mol. The Labute approximate surface area is 105 Å². The lowest BCUT2D eigenvalue weighted by Gasteiger charge is -2.37. The Bertz CT molecular complexity index is 356. The zero-order valence-corrected chi connectivity index (χ0v) is 11.5. The third kappa shape index (κ3) is 2.71. The van der Waals surface area contributed by atoms with Crippen LogP contribution in [0.2, 0.25) is 0 Å². The lowest BCUT2D eigenvalue weighted by Crippen LogP contribution is -2.41. The van der Waals surface area contributed by atoms with Crippen molar-refractivity contribution in [2.75, 3.05) is 7.05 Å². The van der Waals surface area contributed by atoms with E-state index in [-0.39, 0.29) is 0 Å². The Morgan fingerprint density at radius 3 is 2.71 bits per heavy atom. The summed E-state index contributed by atoms with van der Waals surface area (Å²) >= 11 is 0. The van der Waals surface area contributed by atoms with Gasteiger partial charge in [0, 0.05) is 12.2 Å². The quantitative estimate of drug-likeness (QED) is 0.873. The molecule has 1 fully saturated rings. The molecular weight excluding hydrogens is 210 g/mol. The molecule has 0 bridgehead atoms. The summed E-state index contributed by atoms with van der Waals surface area (Å²) in [6, 6.07) is 1.10. The molecule has 17 heavy (non-hydrogen) atoms. The summed E-state index contributed by atoms with van der Waals surface area (Å²) in [6.45, 7) is 6.80. The van der Waals surface area contributed by atoms with Crippen molar-refractivity contribution in [1.82, 2.24) is 15.1 Å². The fourth-order valence-electron chi connectivity index (χ4n) is 3.03. The van der Waals surface area contributed by atoms with Gasteiger partial charge < -0.3 is 5.32 Å². The molecule has 0 radical (unpaired) electrons. The van der Waals surface area contributed by atoms with Crippen molar-refractivity contribution in [3.63, 3.8) is 0 Å². The van der Waals surface area contributed by atoms with Crippen LogP contribution in [0.25, 0.3) is 0 Å². The maximum Gasteiger partial charge on any atom is 0.0674 e. The van der Waals surface area contributed by atoms with Gasteiger partial charge in [-0.1, -0.05) is 13.8 Å². The molecule has 1 aliphatic carbocycles. The zero-order valence-electron chi connectivity index (χ0n) is 11.5. The molecular formula is C14H25N3. The first kappa shape index (κ1) is 12.6. The Hall–Kier alpha value is -0.830. The molecule has 0 aliphatic heterocycles. The third-order valence-electron chi connectivity index (χ3n) is 4.24. The van der Waals surface area contributed by atoms with E-state index in [0.717, 1.165) is 11.8 Å². The molecule has 3 nitrogen and oxygen atoms in total. The van der Waals surface area contributed by atoms with Gasteiger partial charge in [0.25, 0.3) is 0 Å². The van der Waals surface area contributed by atoms with E-state index in [2.05, 4.69) is 49.1 Å². The molecule has 0 amide bonds. The second kappa shape index (κ2) is 5.21. The smallest absolute Gasteiger partial charge is 0.0674 e. The van der Waals surface area contributed by atoms with Gasteiger partial charge >= 0.3 is 0 Å². The van der Waals surface area contributed by atoms with E-state index in [4.69, 9.17) is 0 Å². The number of aryl methyl sites for hydroxylation is 1. The number of rotatable bonds is 3. The molecule has 1 aromatic heterocycles. The molecule has 2 rings (SSSR count). The highest BCUT2D eigenvalue weighted by Gasteiger charge is 2.32. The lowest BCUT2D eigenvalue weighted by molar-refractivity contribution is 0.167. The molecule has 96 valence electrons. The second-order valence-electron chi connectivity index (χ2n) is 5.78. The molecule has 1 aromatic rings. The predicted octanol–water partition coefficient (Wildman–Crippen LogP) is 2.78. The highest BCUT2D eigenvalue weighted by Crippen LogP contribution is 2.36. The maximum atomic E-state index is 4.51. The van der Waals surface area contributed by atoms with Crippen molar-refractivity contribution in [2.45, 2.75) is 52.1 Å². The molecule has 3 unspecified atom stereocenters. The van der Waals surface area contributed by atoms with Gasteiger partial charge in [-0.15, -0.1) is 0 Å². The van der Waals surface area contributed by atoms with Crippen molar-refractivity contribution in [3.05, 3.63) is 18.0 Å². The Morgan fingerprint density at radius 1 is 1.41 bits per heavy atom. The van der Waals surface area contributed by atoms with Crippen LogP contribution in [0.3, 0.4) is 0 Å². The van der Waals surface area contributed by atoms with Gasteiger partial charge in [0.2, 0.25) is 0 Å². The van der Waals surface area contributed by atoms with Crippen LogP contribution >= 0.6 is 0 Å². The van der Waals surface area contributed by atoms with Crippen molar-refractivity contribution >= 4 is 0 Å². The van der Waals surface area contributed by atoms with E-state index in [1.165, 1.54) is 24.8 Å². The lowest BCUT2D eigenvalue weighted by atomic mass is 9.77. The van der Waals surface area contributed by atoms with Gasteiger partial charge in [-0.25, -0.2) is 0 Å². The van der Waals surface area contributed by atoms with E-state index in [0.29, 0.717) is 12.1 Å². The average molecular weight is 235 g/mol. The highest BCUT2D eigenvalue weighted by molar-refractivity contribution is 5.02. The molecule has 0 aromatic carbocycles. The summed E-state index contributed by atoms with van der Waals surface area (Å²) in [5, 5.41) is 7.97. The number of aromatic nitrogens is 2. The first-order valence-corrected chi connectivity index (χ1v) is 6.79. The summed E-state index contributed by atoms with van der Waals surface area (Å²) in [5.41, 5.74) is 1.26. The third-order valence-corrected chi connectivity index (χ3v) is 4.24. The van der Waals surface area contributed by atoms with Crippen LogP contribution in [0.5, 0.6) is 0 Å². The Morgan fingerprint density at radius 2 is 2.18 bits per heavy atom. The van der Waals surface area contributed by atoms with Gasteiger partial charge in [0.15, 0.2) is 0 Å². The second-order valence-corrected chi connectivity index (χ2v) is 5.78. The van der Waals surface area contributed by atoms with Crippen molar-refractivity contribution < 1.29 is 0 Å². The van der Waals surface area contributed by atoms with Crippen LogP contribution in [-0.4, -0.2) is 22.9 Å². The van der Waals surface area contributed by atoms with Crippen LogP contribution in [0.4, 0.5) is 0 Å². The van der Waals surface area contributed by atoms with Gasteiger partial charge in [-0.2, -0.15) is 5.10 Å². The van der Waals surface area contributed by atoms with Crippen LogP contribution < -0.4 is 5.32 Å². The van der Waals surface area contributed by atoms with Gasteiger partial charge in [-0.05, 0) is 50.6 Å². The molecule has 0 saturated heterocycles. The Balaban J connectivity index is 2.15. The summed E-state index contributed by atoms with van der Waals surface area (Å²) in [5.74, 6) is 1.63. The highest BCUT2D eigenvalue weighted by atomic mass is 15.3. The van der Waals surface area contributed by atoms with E-state index >= 15 is 0 Å². The van der Waals surface area contributed by atoms with E-state index in [1.54, 1.807) is 0 Å². The summed E-state index contributed by atoms with van der Waals surface area (Å²) in [4.78, 5) is 0. The number of hydrogen-bond donors (Lipinski definition) is 1. The molecule has 1 aliphatic rings.